The number of carbonyl (C=O) groups is 1. The molecule has 0 aliphatic rings. The van der Waals surface area contributed by atoms with Crippen molar-refractivity contribution in [3.63, 3.8) is 0 Å². The van der Waals surface area contributed by atoms with Crippen LogP contribution in [0.3, 0.4) is 0 Å². The van der Waals surface area contributed by atoms with Gasteiger partial charge in [0.25, 0.3) is 5.91 Å². The van der Waals surface area contributed by atoms with Crippen molar-refractivity contribution in [2.75, 3.05) is 12.3 Å². The van der Waals surface area contributed by atoms with E-state index in [9.17, 15) is 13.2 Å². The molecule has 0 unspecified atom stereocenters. The summed E-state index contributed by atoms with van der Waals surface area (Å²) in [6, 6.07) is 3.61. The normalized spacial score (nSPS) is 11.3. The molecule has 3 N–H and O–H groups in total. The fourth-order valence-electron chi connectivity index (χ4n) is 1.43. The van der Waals surface area contributed by atoms with Crippen molar-refractivity contribution in [1.82, 2.24) is 5.32 Å². The molecule has 0 spiro atoms. The van der Waals surface area contributed by atoms with Crippen LogP contribution in [-0.2, 0) is 10.0 Å². The number of nitrogens with one attached hydrogen (secondary N) is 1. The molecule has 5 nitrogen and oxygen atoms in total. The molecule has 0 atom stereocenters. The van der Waals surface area contributed by atoms with E-state index in [0.717, 1.165) is 15.6 Å². The predicted molar refractivity (Wildman–Crippen MR) is 73.9 cm³/mol. The quantitative estimate of drug-likeness (QED) is 0.863. The number of nitrogens with two attached hydrogens (primary N) is 1. The lowest BCUT2D eigenvalue weighted by molar-refractivity contribution is 0.0955. The summed E-state index contributed by atoms with van der Waals surface area (Å²) in [7, 11) is -3.55. The van der Waals surface area contributed by atoms with Crippen LogP contribution in [-0.4, -0.2) is 26.6 Å². The number of halogens is 1. The van der Waals surface area contributed by atoms with Crippen molar-refractivity contribution in [1.29, 1.82) is 0 Å². The van der Waals surface area contributed by atoms with E-state index in [1.807, 2.05) is 19.9 Å². The smallest absolute Gasteiger partial charge is 0.251 e. The van der Waals surface area contributed by atoms with E-state index in [1.165, 1.54) is 0 Å². The average Bonchev–Trinajstić information content (AvgIpc) is 2.21. The summed E-state index contributed by atoms with van der Waals surface area (Å²) in [4.78, 5) is 11.9. The van der Waals surface area contributed by atoms with E-state index in [1.54, 1.807) is 6.07 Å². The Hall–Kier alpha value is -0.920. The zero-order valence-corrected chi connectivity index (χ0v) is 12.6. The highest BCUT2D eigenvalue weighted by Gasteiger charge is 2.11. The fourth-order valence-corrected chi connectivity index (χ4v) is 2.27. The number of hydrogen-bond acceptors (Lipinski definition) is 3. The van der Waals surface area contributed by atoms with Gasteiger partial charge in [0.2, 0.25) is 10.0 Å². The van der Waals surface area contributed by atoms with Crippen LogP contribution in [0.1, 0.15) is 21.5 Å². The third-order valence-electron chi connectivity index (χ3n) is 2.42. The first-order chi connectivity index (χ1) is 8.20. The van der Waals surface area contributed by atoms with Gasteiger partial charge in [-0.15, -0.1) is 0 Å². The van der Waals surface area contributed by atoms with E-state index in [0.29, 0.717) is 5.56 Å². The molecule has 7 heteroatoms. The molecule has 1 aromatic rings. The summed E-state index contributed by atoms with van der Waals surface area (Å²) in [5.41, 5.74) is 2.29. The second-order valence-corrected chi connectivity index (χ2v) is 6.63. The average molecular weight is 335 g/mol. The maximum Gasteiger partial charge on any atom is 0.251 e. The number of hydrogen-bond donors (Lipinski definition) is 2. The number of carbonyl (C=O) groups excluding carboxylic acids is 1. The van der Waals surface area contributed by atoms with Crippen molar-refractivity contribution < 1.29 is 13.2 Å². The summed E-state index contributed by atoms with van der Waals surface area (Å²) < 4.78 is 22.4. The van der Waals surface area contributed by atoms with Gasteiger partial charge >= 0.3 is 0 Å². The molecule has 1 rings (SSSR count). The van der Waals surface area contributed by atoms with Crippen molar-refractivity contribution >= 4 is 31.9 Å². The minimum Gasteiger partial charge on any atom is -0.351 e. The highest BCUT2D eigenvalue weighted by Crippen LogP contribution is 2.20. The zero-order chi connectivity index (χ0) is 13.9. The van der Waals surface area contributed by atoms with Crippen LogP contribution in [0.5, 0.6) is 0 Å². The largest absolute Gasteiger partial charge is 0.351 e. The minimum absolute atomic E-state index is 0.00617. The summed E-state index contributed by atoms with van der Waals surface area (Å²) in [6.07, 6.45) is 0. The molecule has 0 saturated carbocycles. The Balaban J connectivity index is 2.76. The van der Waals surface area contributed by atoms with Crippen molar-refractivity contribution in [2.45, 2.75) is 13.8 Å². The molecular formula is C11H15BrN2O3S. The van der Waals surface area contributed by atoms with Crippen LogP contribution in [0.25, 0.3) is 0 Å². The van der Waals surface area contributed by atoms with Crippen LogP contribution in [0.15, 0.2) is 16.6 Å². The van der Waals surface area contributed by atoms with Crippen LogP contribution < -0.4 is 10.5 Å². The van der Waals surface area contributed by atoms with Crippen molar-refractivity contribution in [2.24, 2.45) is 5.14 Å². The molecule has 0 saturated heterocycles. The first kappa shape index (κ1) is 15.1. The Morgan fingerprint density at radius 3 is 2.50 bits per heavy atom. The topological polar surface area (TPSA) is 89.3 Å². The maximum absolute atomic E-state index is 11.9. The Morgan fingerprint density at radius 2 is 1.94 bits per heavy atom. The Morgan fingerprint density at radius 1 is 1.33 bits per heavy atom. The number of rotatable bonds is 4. The monoisotopic (exact) mass is 334 g/mol. The first-order valence-corrected chi connectivity index (χ1v) is 7.77. The van der Waals surface area contributed by atoms with Crippen molar-refractivity contribution in [3.8, 4) is 0 Å². The van der Waals surface area contributed by atoms with Gasteiger partial charge in [-0.2, -0.15) is 0 Å². The lowest BCUT2D eigenvalue weighted by atomic mass is 10.1. The molecular weight excluding hydrogens is 320 g/mol. The maximum atomic E-state index is 11.9. The molecule has 100 valence electrons. The molecule has 0 aliphatic carbocycles. The summed E-state index contributed by atoms with van der Waals surface area (Å²) >= 11 is 3.38. The van der Waals surface area contributed by atoms with Gasteiger partial charge in [-0.1, -0.05) is 15.9 Å². The number of sulfonamides is 1. The second-order valence-electron chi connectivity index (χ2n) is 4.04. The SMILES string of the molecule is Cc1cc(C(=O)NCCS(N)(=O)=O)c(C)cc1Br. The molecule has 0 aliphatic heterocycles. The van der Waals surface area contributed by atoms with Crippen LogP contribution in [0.2, 0.25) is 0 Å². The molecule has 0 fully saturated rings. The Labute approximate surface area is 115 Å². The Bertz CT molecular complexity index is 570. The van der Waals surface area contributed by atoms with Crippen molar-refractivity contribution in [3.05, 3.63) is 33.3 Å². The van der Waals surface area contributed by atoms with Gasteiger partial charge in [-0.05, 0) is 37.1 Å². The number of benzene rings is 1. The zero-order valence-electron chi connectivity index (χ0n) is 10.2. The van der Waals surface area contributed by atoms with E-state index >= 15 is 0 Å². The predicted octanol–water partition coefficient (Wildman–Crippen LogP) is 1.08. The number of amides is 1. The first-order valence-electron chi connectivity index (χ1n) is 5.26. The Kier molecular flexibility index (Phi) is 4.89. The number of aryl methyl sites for hydroxylation is 2. The standard InChI is InChI=1S/C11H15BrN2O3S/c1-7-6-10(12)8(2)5-9(7)11(15)14-3-4-18(13,16)17/h5-6H,3-4H2,1-2H3,(H,14,15)(H2,13,16,17). The third-order valence-corrected chi connectivity index (χ3v) is 4.05. The molecule has 1 aromatic carbocycles. The molecule has 18 heavy (non-hydrogen) atoms. The second kappa shape index (κ2) is 5.81. The third kappa shape index (κ3) is 4.40. The number of primary sulfonamides is 1. The van der Waals surface area contributed by atoms with E-state index in [4.69, 9.17) is 5.14 Å². The lowest BCUT2D eigenvalue weighted by Gasteiger charge is -2.09. The fraction of sp³-hybridized carbons (Fsp3) is 0.364. The van der Waals surface area contributed by atoms with Gasteiger partial charge in [0.15, 0.2) is 0 Å². The van der Waals surface area contributed by atoms with Gasteiger partial charge in [0.1, 0.15) is 0 Å². The highest BCUT2D eigenvalue weighted by molar-refractivity contribution is 9.10. The van der Waals surface area contributed by atoms with Gasteiger partial charge < -0.3 is 5.32 Å². The highest BCUT2D eigenvalue weighted by atomic mass is 79.9. The van der Waals surface area contributed by atoms with E-state index in [2.05, 4.69) is 21.2 Å². The molecule has 0 aromatic heterocycles. The molecule has 1 amide bonds. The summed E-state index contributed by atoms with van der Waals surface area (Å²) in [5, 5.41) is 7.38. The minimum atomic E-state index is -3.55. The summed E-state index contributed by atoms with van der Waals surface area (Å²) in [5.74, 6) is -0.570. The van der Waals surface area contributed by atoms with Crippen LogP contribution >= 0.6 is 15.9 Å². The van der Waals surface area contributed by atoms with Gasteiger partial charge in [-0.25, -0.2) is 13.6 Å². The molecule has 0 heterocycles. The molecule has 0 bridgehead atoms. The van der Waals surface area contributed by atoms with Crippen LogP contribution in [0.4, 0.5) is 0 Å². The summed E-state index contributed by atoms with van der Waals surface area (Å²) in [6.45, 7) is 3.70. The van der Waals surface area contributed by atoms with E-state index < -0.39 is 10.0 Å². The van der Waals surface area contributed by atoms with Gasteiger partial charge in [0.05, 0.1) is 5.75 Å². The van der Waals surface area contributed by atoms with Gasteiger partial charge in [0, 0.05) is 16.6 Å². The van der Waals surface area contributed by atoms with Crippen LogP contribution in [0, 0.1) is 13.8 Å². The lowest BCUT2D eigenvalue weighted by Crippen LogP contribution is -2.31. The van der Waals surface area contributed by atoms with Gasteiger partial charge in [-0.3, -0.25) is 4.79 Å². The molecule has 0 radical (unpaired) electrons. The van der Waals surface area contributed by atoms with E-state index in [-0.39, 0.29) is 18.2 Å².